The molecule has 4 saturated carbocycles. The molecule has 1 unspecified atom stereocenters. The van der Waals surface area contributed by atoms with Crippen LogP contribution in [0.2, 0.25) is 0 Å². The summed E-state index contributed by atoms with van der Waals surface area (Å²) in [7, 11) is 1.43. The second kappa shape index (κ2) is 10.7. The first-order valence-electron chi connectivity index (χ1n) is 15.4. The molecule has 0 heterocycles. The molecule has 210 valence electrons. The number of allylic oxidation sites excluding steroid dienone is 1. The summed E-state index contributed by atoms with van der Waals surface area (Å²) in [5, 5.41) is 22.5. The molecular weight excluding hydrogens is 472 g/mol. The highest BCUT2D eigenvalue weighted by Crippen LogP contribution is 2.69. The Morgan fingerprint density at radius 2 is 1.76 bits per heavy atom. The lowest BCUT2D eigenvalue weighted by atomic mass is 9.41. The first-order valence-corrected chi connectivity index (χ1v) is 15.4. The van der Waals surface area contributed by atoms with Crippen LogP contribution in [0.1, 0.15) is 101 Å². The van der Waals surface area contributed by atoms with E-state index in [0.29, 0.717) is 47.0 Å². The smallest absolute Gasteiger partial charge is 0.338 e. The molecule has 2 N–H and O–H groups in total. The van der Waals surface area contributed by atoms with E-state index in [2.05, 4.69) is 39.8 Å². The summed E-state index contributed by atoms with van der Waals surface area (Å²) in [6, 6.07) is 7.65. The van der Waals surface area contributed by atoms with Crippen LogP contribution in [0.25, 0.3) is 6.08 Å². The molecule has 0 aromatic heterocycles. The number of carbonyl (C=O) groups excluding carboxylic acids is 1. The van der Waals surface area contributed by atoms with Gasteiger partial charge in [0.15, 0.2) is 0 Å². The first-order chi connectivity index (χ1) is 18.2. The van der Waals surface area contributed by atoms with Crippen molar-refractivity contribution >= 4 is 12.0 Å². The van der Waals surface area contributed by atoms with Crippen molar-refractivity contribution in [2.45, 2.75) is 97.7 Å². The van der Waals surface area contributed by atoms with Crippen molar-refractivity contribution in [2.75, 3.05) is 7.11 Å². The van der Waals surface area contributed by atoms with Gasteiger partial charge in [-0.3, -0.25) is 0 Å². The summed E-state index contributed by atoms with van der Waals surface area (Å²) in [5.74, 6) is 3.25. The number of aliphatic hydroxyl groups is 2. The summed E-state index contributed by atoms with van der Waals surface area (Å²) in [6.07, 6.45) is 13.8. The molecule has 1 aromatic carbocycles. The van der Waals surface area contributed by atoms with Crippen molar-refractivity contribution < 1.29 is 19.7 Å². The van der Waals surface area contributed by atoms with Crippen LogP contribution in [-0.4, -0.2) is 35.5 Å². The number of fused-ring (bicyclic) bond motifs is 5. The molecule has 1 aromatic rings. The number of methoxy groups -OCH3 is 1. The zero-order valence-electron chi connectivity index (χ0n) is 24.2. The monoisotopic (exact) mass is 522 g/mol. The van der Waals surface area contributed by atoms with Gasteiger partial charge in [-0.15, -0.1) is 0 Å². The lowest BCUT2D eigenvalue weighted by molar-refractivity contribution is -0.203. The van der Waals surface area contributed by atoms with E-state index in [4.69, 9.17) is 4.74 Å². The highest BCUT2D eigenvalue weighted by Gasteiger charge is 2.64. The number of rotatable bonds is 6. The summed E-state index contributed by atoms with van der Waals surface area (Å²) < 4.78 is 4.97. The number of hydrogen-bond acceptors (Lipinski definition) is 4. The Hall–Kier alpha value is -1.65. The number of carbonyl (C=O) groups is 1. The maximum atomic E-state index is 12.2. The van der Waals surface area contributed by atoms with Gasteiger partial charge < -0.3 is 14.9 Å². The van der Waals surface area contributed by atoms with Crippen molar-refractivity contribution in [2.24, 2.45) is 52.3 Å². The van der Waals surface area contributed by atoms with Gasteiger partial charge in [-0.1, -0.05) is 64.5 Å². The fourth-order valence-electron chi connectivity index (χ4n) is 10.4. The molecular formula is C34H50O4. The Labute approximate surface area is 230 Å². The average molecular weight is 523 g/mol. The second-order valence-corrected chi connectivity index (χ2v) is 13.8. The van der Waals surface area contributed by atoms with E-state index >= 15 is 0 Å². The lowest BCUT2D eigenvalue weighted by Crippen LogP contribution is -2.62. The van der Waals surface area contributed by atoms with Crippen LogP contribution in [0.5, 0.6) is 0 Å². The molecule has 4 nitrogen and oxygen atoms in total. The molecule has 4 aliphatic carbocycles. The molecule has 0 amide bonds. The van der Waals surface area contributed by atoms with Gasteiger partial charge in [0.05, 0.1) is 24.9 Å². The molecule has 4 fully saturated rings. The van der Waals surface area contributed by atoms with E-state index in [1.54, 1.807) is 0 Å². The summed E-state index contributed by atoms with van der Waals surface area (Å²) in [6.45, 7) is 9.73. The SMILES string of the molecule is CC[C@H]1[C@@H](O)[C@@H]2C(CC[C@]3(C)[C@@H]([C@H](C)C/C=C/c4ccccc4C(=O)OC)CC[C@@H]23)[C@@]2(C)CC[C@@H](O)C[C@@H]12. The Balaban J connectivity index is 1.33. The molecule has 11 atom stereocenters. The fourth-order valence-corrected chi connectivity index (χ4v) is 10.4. The van der Waals surface area contributed by atoms with Gasteiger partial charge >= 0.3 is 5.97 Å². The summed E-state index contributed by atoms with van der Waals surface area (Å²) in [4.78, 5) is 12.2. The Morgan fingerprint density at radius 1 is 1.05 bits per heavy atom. The zero-order valence-corrected chi connectivity index (χ0v) is 24.2. The van der Waals surface area contributed by atoms with Gasteiger partial charge in [0, 0.05) is 0 Å². The van der Waals surface area contributed by atoms with E-state index in [1.807, 2.05) is 24.3 Å². The van der Waals surface area contributed by atoms with Crippen molar-refractivity contribution in [1.82, 2.24) is 0 Å². The van der Waals surface area contributed by atoms with Gasteiger partial charge in [0.1, 0.15) is 0 Å². The Bertz CT molecular complexity index is 1030. The molecule has 4 heteroatoms. The normalized spacial score (nSPS) is 43.2. The Kier molecular flexibility index (Phi) is 7.88. The highest BCUT2D eigenvalue weighted by molar-refractivity contribution is 5.93. The van der Waals surface area contributed by atoms with Gasteiger partial charge in [-0.05, 0) is 115 Å². The topological polar surface area (TPSA) is 66.8 Å². The largest absolute Gasteiger partial charge is 0.465 e. The predicted octanol–water partition coefficient (Wildman–Crippen LogP) is 7.14. The molecule has 0 radical (unpaired) electrons. The quantitative estimate of drug-likeness (QED) is 0.390. The first kappa shape index (κ1) is 27.9. The third-order valence-electron chi connectivity index (χ3n) is 12.3. The standard InChI is InChI=1S/C34H50O4/c1-6-24-29-20-23(35)16-18-34(29,4)28-17-19-33(3)26(14-15-27(33)30(28)31(24)36)21(2)10-9-12-22-11-7-8-13-25(22)32(37)38-5/h7-9,11-13,21,23-24,26-31,35-36H,6,10,14-20H2,1-5H3/b12-9+/t21-,23-,24-,26-,27+,28?,29+,30+,31-,33-,34-/m1/s1. The van der Waals surface area contributed by atoms with E-state index in [-0.39, 0.29) is 29.0 Å². The van der Waals surface area contributed by atoms with Crippen LogP contribution in [-0.2, 0) is 4.74 Å². The molecule has 0 saturated heterocycles. The Morgan fingerprint density at radius 3 is 2.50 bits per heavy atom. The van der Waals surface area contributed by atoms with Crippen LogP contribution in [0.4, 0.5) is 0 Å². The fraction of sp³-hybridized carbons (Fsp3) is 0.735. The molecule has 0 bridgehead atoms. The second-order valence-electron chi connectivity index (χ2n) is 13.8. The van der Waals surface area contributed by atoms with Gasteiger partial charge in [-0.25, -0.2) is 4.79 Å². The van der Waals surface area contributed by atoms with E-state index in [0.717, 1.165) is 37.7 Å². The minimum atomic E-state index is -0.291. The van der Waals surface area contributed by atoms with Gasteiger partial charge in [0.25, 0.3) is 0 Å². The summed E-state index contributed by atoms with van der Waals surface area (Å²) in [5.41, 5.74) is 2.06. The van der Waals surface area contributed by atoms with Crippen molar-refractivity contribution in [3.63, 3.8) is 0 Å². The molecule has 5 rings (SSSR count). The number of benzene rings is 1. The third kappa shape index (κ3) is 4.48. The minimum Gasteiger partial charge on any atom is -0.465 e. The van der Waals surface area contributed by atoms with Crippen LogP contribution in [0.3, 0.4) is 0 Å². The summed E-state index contributed by atoms with van der Waals surface area (Å²) >= 11 is 0. The van der Waals surface area contributed by atoms with E-state index < -0.39 is 0 Å². The van der Waals surface area contributed by atoms with Gasteiger partial charge in [0.2, 0.25) is 0 Å². The van der Waals surface area contributed by atoms with Crippen LogP contribution in [0.15, 0.2) is 30.3 Å². The van der Waals surface area contributed by atoms with E-state index in [9.17, 15) is 15.0 Å². The van der Waals surface area contributed by atoms with Crippen LogP contribution >= 0.6 is 0 Å². The van der Waals surface area contributed by atoms with Crippen molar-refractivity contribution in [3.05, 3.63) is 41.5 Å². The number of esters is 1. The zero-order chi connectivity index (χ0) is 27.2. The number of aliphatic hydroxyl groups excluding tert-OH is 2. The molecule has 0 spiro atoms. The highest BCUT2D eigenvalue weighted by atomic mass is 16.5. The minimum absolute atomic E-state index is 0.191. The maximum absolute atomic E-state index is 12.2. The maximum Gasteiger partial charge on any atom is 0.338 e. The van der Waals surface area contributed by atoms with Crippen molar-refractivity contribution in [1.29, 1.82) is 0 Å². The predicted molar refractivity (Wildman–Crippen MR) is 152 cm³/mol. The van der Waals surface area contributed by atoms with E-state index in [1.165, 1.54) is 32.8 Å². The third-order valence-corrected chi connectivity index (χ3v) is 12.3. The number of ether oxygens (including phenoxy) is 1. The number of hydrogen-bond donors (Lipinski definition) is 2. The van der Waals surface area contributed by atoms with Crippen LogP contribution in [0, 0.1) is 52.3 Å². The molecule has 38 heavy (non-hydrogen) atoms. The van der Waals surface area contributed by atoms with Crippen molar-refractivity contribution in [3.8, 4) is 0 Å². The lowest BCUT2D eigenvalue weighted by Gasteiger charge is -2.64. The molecule has 0 aliphatic heterocycles. The van der Waals surface area contributed by atoms with Gasteiger partial charge in [-0.2, -0.15) is 0 Å². The molecule has 4 aliphatic rings. The van der Waals surface area contributed by atoms with Crippen LogP contribution < -0.4 is 0 Å². The average Bonchev–Trinajstić information content (AvgIpc) is 3.27.